The summed E-state index contributed by atoms with van der Waals surface area (Å²) in [5, 5.41) is 7.04. The number of alkyl halides is 3. The summed E-state index contributed by atoms with van der Waals surface area (Å²) in [6.45, 7) is 4.22. The number of fused-ring (bicyclic) bond motifs is 1. The summed E-state index contributed by atoms with van der Waals surface area (Å²) < 4.78 is 48.2. The van der Waals surface area contributed by atoms with Crippen LogP contribution in [0.4, 0.5) is 18.9 Å². The molecule has 5 aromatic rings. The molecule has 2 aromatic carbocycles. The van der Waals surface area contributed by atoms with Crippen LogP contribution in [0.1, 0.15) is 51.2 Å². The Morgan fingerprint density at radius 1 is 1.07 bits per heavy atom. The van der Waals surface area contributed by atoms with Crippen LogP contribution in [0.25, 0.3) is 21.3 Å². The third kappa shape index (κ3) is 5.92. The molecule has 210 valence electrons. The Labute approximate surface area is 236 Å². The molecule has 0 aliphatic heterocycles. The molecule has 0 unspecified atom stereocenters. The summed E-state index contributed by atoms with van der Waals surface area (Å²) in [5.74, 6) is -0.590. The van der Waals surface area contributed by atoms with E-state index in [0.29, 0.717) is 28.6 Å². The van der Waals surface area contributed by atoms with E-state index < -0.39 is 23.7 Å². The molecule has 3 N–H and O–H groups in total. The van der Waals surface area contributed by atoms with Crippen LogP contribution < -0.4 is 15.8 Å². The molecule has 0 aliphatic carbocycles. The number of primary amides is 1. The Bertz CT molecular complexity index is 1730. The molecule has 0 fully saturated rings. The number of rotatable bonds is 8. The van der Waals surface area contributed by atoms with Crippen LogP contribution >= 0.6 is 11.3 Å². The third-order valence-corrected chi connectivity index (χ3v) is 7.38. The fourth-order valence-corrected chi connectivity index (χ4v) is 5.21. The monoisotopic (exact) mass is 579 g/mol. The summed E-state index contributed by atoms with van der Waals surface area (Å²) in [6, 6.07) is 18.3. The van der Waals surface area contributed by atoms with Gasteiger partial charge in [-0.05, 0) is 46.9 Å². The highest BCUT2D eigenvalue weighted by atomic mass is 32.1. The minimum absolute atomic E-state index is 0.000317. The highest BCUT2D eigenvalue weighted by Crippen LogP contribution is 2.43. The predicted octanol–water partition coefficient (Wildman–Crippen LogP) is 6.69. The summed E-state index contributed by atoms with van der Waals surface area (Å²) in [7, 11) is 0. The molecule has 0 bridgehead atoms. The van der Waals surface area contributed by atoms with Gasteiger partial charge < -0.3 is 15.8 Å². The molecule has 0 aliphatic rings. The number of pyridine rings is 1. The van der Waals surface area contributed by atoms with Gasteiger partial charge in [-0.25, -0.2) is 9.67 Å². The summed E-state index contributed by atoms with van der Waals surface area (Å²) in [6.07, 6.45) is -3.19. The van der Waals surface area contributed by atoms with Crippen molar-refractivity contribution in [2.45, 2.75) is 32.7 Å². The number of nitrogens with two attached hydrogens (primary N) is 1. The lowest BCUT2D eigenvalue weighted by molar-refractivity contribution is -0.140. The number of carbonyl (C=O) groups is 2. The molecule has 41 heavy (non-hydrogen) atoms. The minimum Gasteiger partial charge on any atom is -0.471 e. The first-order chi connectivity index (χ1) is 19.5. The van der Waals surface area contributed by atoms with Gasteiger partial charge in [-0.2, -0.15) is 18.3 Å². The van der Waals surface area contributed by atoms with Gasteiger partial charge >= 0.3 is 6.18 Å². The molecule has 0 saturated carbocycles. The van der Waals surface area contributed by atoms with E-state index in [-0.39, 0.29) is 38.8 Å². The number of hydrogen-bond donors (Lipinski definition) is 2. The Morgan fingerprint density at radius 2 is 1.78 bits per heavy atom. The van der Waals surface area contributed by atoms with Crippen LogP contribution in [-0.2, 0) is 12.9 Å². The number of amides is 2. The molecular weight excluding hydrogens is 555 g/mol. The fraction of sp³-hybridized carbons (Fsp3) is 0.172. The lowest BCUT2D eigenvalue weighted by Crippen LogP contribution is -2.18. The zero-order valence-electron chi connectivity index (χ0n) is 21.9. The molecular formula is C29H24F3N5O3S. The van der Waals surface area contributed by atoms with E-state index in [0.717, 1.165) is 6.07 Å². The third-order valence-electron chi connectivity index (χ3n) is 6.28. The number of nitrogens with zero attached hydrogens (tertiary/aromatic N) is 3. The molecule has 2 amide bonds. The summed E-state index contributed by atoms with van der Waals surface area (Å²) in [4.78, 5) is 29.1. The number of anilines is 1. The van der Waals surface area contributed by atoms with Crippen molar-refractivity contribution < 1.29 is 27.5 Å². The first-order valence-electron chi connectivity index (χ1n) is 12.5. The molecule has 3 heterocycles. The van der Waals surface area contributed by atoms with Crippen LogP contribution in [0.2, 0.25) is 0 Å². The highest BCUT2D eigenvalue weighted by molar-refractivity contribution is 7.21. The number of ether oxygens (including phenoxy) is 1. The van der Waals surface area contributed by atoms with Crippen molar-refractivity contribution in [1.29, 1.82) is 0 Å². The average molecular weight is 580 g/mol. The summed E-state index contributed by atoms with van der Waals surface area (Å²) in [5.41, 5.74) is 6.16. The number of carbonyl (C=O) groups excluding carboxylic acids is 2. The van der Waals surface area contributed by atoms with Gasteiger partial charge in [0.1, 0.15) is 21.2 Å². The average Bonchev–Trinajstić information content (AvgIpc) is 3.57. The SMILES string of the molecule is CC(C)c1ccc(OCn2ccc(C(=O)Nc3c(C(N)=O)sc4nc(C(F)(F)F)cc(-c5ccccc5)c34)n2)cc1. The van der Waals surface area contributed by atoms with Crippen molar-refractivity contribution in [2.24, 2.45) is 5.73 Å². The number of aromatic nitrogens is 3. The second-order valence-electron chi connectivity index (χ2n) is 9.46. The molecule has 0 atom stereocenters. The molecule has 12 heteroatoms. The van der Waals surface area contributed by atoms with E-state index in [9.17, 15) is 22.8 Å². The van der Waals surface area contributed by atoms with E-state index in [1.165, 1.54) is 16.3 Å². The maximum absolute atomic E-state index is 13.7. The van der Waals surface area contributed by atoms with E-state index in [1.807, 2.05) is 24.3 Å². The van der Waals surface area contributed by atoms with Gasteiger partial charge in [-0.3, -0.25) is 9.59 Å². The van der Waals surface area contributed by atoms with Gasteiger partial charge in [0.25, 0.3) is 11.8 Å². The molecule has 5 rings (SSSR count). The topological polar surface area (TPSA) is 112 Å². The maximum atomic E-state index is 13.7. The smallest absolute Gasteiger partial charge is 0.433 e. The Hall–Kier alpha value is -4.71. The van der Waals surface area contributed by atoms with Gasteiger partial charge in [0.15, 0.2) is 12.4 Å². The number of halogens is 3. The zero-order chi connectivity index (χ0) is 29.3. The minimum atomic E-state index is -4.73. The molecule has 8 nitrogen and oxygen atoms in total. The standard InChI is InChI=1S/C29H24F3N5O3S/c1-16(2)17-8-10-19(11-9-17)40-15-37-13-12-21(36-37)27(39)35-24-23-20(18-6-4-3-5-7-18)14-22(29(30,31)32)34-28(23)41-25(24)26(33)38/h3-14,16H,15H2,1-2H3,(H2,33,38)(H,35,39). The lowest BCUT2D eigenvalue weighted by atomic mass is 10.0. The second kappa shape index (κ2) is 11.0. The van der Waals surface area contributed by atoms with Gasteiger partial charge in [0, 0.05) is 11.6 Å². The van der Waals surface area contributed by atoms with Gasteiger partial charge in [0.05, 0.1) is 5.69 Å². The zero-order valence-corrected chi connectivity index (χ0v) is 22.7. The quantitative estimate of drug-likeness (QED) is 0.213. The maximum Gasteiger partial charge on any atom is 0.433 e. The van der Waals surface area contributed by atoms with Gasteiger partial charge in [-0.15, -0.1) is 11.3 Å². The lowest BCUT2D eigenvalue weighted by Gasteiger charge is -2.12. The van der Waals surface area contributed by atoms with Crippen LogP contribution in [0.5, 0.6) is 5.75 Å². The van der Waals surface area contributed by atoms with E-state index in [2.05, 4.69) is 29.2 Å². The highest BCUT2D eigenvalue weighted by Gasteiger charge is 2.35. The first kappa shape index (κ1) is 27.8. The van der Waals surface area contributed by atoms with E-state index >= 15 is 0 Å². The normalized spacial score (nSPS) is 11.7. The number of hydrogen-bond acceptors (Lipinski definition) is 6. The van der Waals surface area contributed by atoms with Crippen LogP contribution in [-0.4, -0.2) is 26.6 Å². The number of thiophene rings is 1. The van der Waals surface area contributed by atoms with Crippen molar-refractivity contribution in [3.05, 3.63) is 94.8 Å². The van der Waals surface area contributed by atoms with Crippen molar-refractivity contribution in [2.75, 3.05) is 5.32 Å². The molecule has 0 saturated heterocycles. The Kier molecular flexibility index (Phi) is 7.50. The van der Waals surface area contributed by atoms with Crippen LogP contribution in [0.15, 0.2) is 72.9 Å². The fourth-order valence-electron chi connectivity index (χ4n) is 4.20. The Morgan fingerprint density at radius 3 is 2.41 bits per heavy atom. The number of benzene rings is 2. The molecule has 3 aromatic heterocycles. The van der Waals surface area contributed by atoms with Crippen molar-refractivity contribution in [1.82, 2.24) is 14.8 Å². The largest absolute Gasteiger partial charge is 0.471 e. The van der Waals surface area contributed by atoms with Crippen LogP contribution in [0, 0.1) is 0 Å². The predicted molar refractivity (Wildman–Crippen MR) is 150 cm³/mol. The molecule has 0 spiro atoms. The van der Waals surface area contributed by atoms with E-state index in [4.69, 9.17) is 10.5 Å². The van der Waals surface area contributed by atoms with Crippen molar-refractivity contribution in [3.63, 3.8) is 0 Å². The number of nitrogens with one attached hydrogen (secondary N) is 1. The second-order valence-corrected chi connectivity index (χ2v) is 10.5. The van der Waals surface area contributed by atoms with Crippen molar-refractivity contribution in [3.8, 4) is 16.9 Å². The first-order valence-corrected chi connectivity index (χ1v) is 13.3. The van der Waals surface area contributed by atoms with Gasteiger partial charge in [-0.1, -0.05) is 56.3 Å². The van der Waals surface area contributed by atoms with Gasteiger partial charge in [0.2, 0.25) is 0 Å². The van der Waals surface area contributed by atoms with E-state index in [1.54, 1.807) is 36.5 Å². The van der Waals surface area contributed by atoms with Crippen molar-refractivity contribution >= 4 is 39.1 Å². The summed E-state index contributed by atoms with van der Waals surface area (Å²) >= 11 is 0.676. The Balaban J connectivity index is 1.46. The van der Waals surface area contributed by atoms with Crippen LogP contribution in [0.3, 0.4) is 0 Å². The molecule has 0 radical (unpaired) electrons.